The lowest BCUT2D eigenvalue weighted by Crippen LogP contribution is -2.32. The first-order valence-electron chi connectivity index (χ1n) is 6.95. The first-order chi connectivity index (χ1) is 9.55. The van der Waals surface area contributed by atoms with Crippen molar-refractivity contribution in [2.45, 2.75) is 49.3 Å². The average molecular weight is 304 g/mol. The first-order valence-corrected chi connectivity index (χ1v) is 7.94. The fourth-order valence-corrected chi connectivity index (χ4v) is 3.08. The third-order valence-corrected chi connectivity index (χ3v) is 4.40. The van der Waals surface area contributed by atoms with Gasteiger partial charge >= 0.3 is 6.18 Å². The molecule has 1 heterocycles. The van der Waals surface area contributed by atoms with Gasteiger partial charge in [0.25, 0.3) is 0 Å². The summed E-state index contributed by atoms with van der Waals surface area (Å²) in [5, 5.41) is 4.14. The summed E-state index contributed by atoms with van der Waals surface area (Å²) in [6.07, 6.45) is 3.00. The van der Waals surface area contributed by atoms with E-state index in [2.05, 4.69) is 10.3 Å². The molecule has 0 spiro atoms. The number of halogens is 3. The Morgan fingerprint density at radius 3 is 2.55 bits per heavy atom. The van der Waals surface area contributed by atoms with E-state index >= 15 is 0 Å². The maximum atomic E-state index is 12.4. The number of aromatic nitrogens is 1. The lowest BCUT2D eigenvalue weighted by atomic mass is 9.96. The van der Waals surface area contributed by atoms with Crippen LogP contribution in [0.4, 0.5) is 13.2 Å². The largest absolute Gasteiger partial charge is 0.417 e. The Balaban J connectivity index is 1.68. The van der Waals surface area contributed by atoms with Gasteiger partial charge in [-0.3, -0.25) is 0 Å². The summed E-state index contributed by atoms with van der Waals surface area (Å²) in [6, 6.07) is 3.14. The van der Waals surface area contributed by atoms with Crippen LogP contribution < -0.4 is 5.32 Å². The molecule has 0 amide bonds. The maximum absolute atomic E-state index is 12.4. The van der Waals surface area contributed by atoms with E-state index in [-0.39, 0.29) is 0 Å². The van der Waals surface area contributed by atoms with E-state index in [0.29, 0.717) is 11.1 Å². The molecule has 2 nitrogen and oxygen atoms in total. The van der Waals surface area contributed by atoms with Crippen LogP contribution in [-0.4, -0.2) is 23.3 Å². The molecule has 0 saturated heterocycles. The van der Waals surface area contributed by atoms with Crippen LogP contribution in [0.25, 0.3) is 0 Å². The van der Waals surface area contributed by atoms with E-state index in [1.807, 2.05) is 0 Å². The highest BCUT2D eigenvalue weighted by atomic mass is 32.2. The number of pyridine rings is 1. The van der Waals surface area contributed by atoms with Gasteiger partial charge in [0.05, 0.1) is 10.6 Å². The number of hydrogen-bond donors (Lipinski definition) is 1. The van der Waals surface area contributed by atoms with Gasteiger partial charge < -0.3 is 5.32 Å². The van der Waals surface area contributed by atoms with Crippen molar-refractivity contribution in [3.05, 3.63) is 23.9 Å². The van der Waals surface area contributed by atoms with Crippen LogP contribution in [0.1, 0.15) is 37.7 Å². The van der Waals surface area contributed by atoms with E-state index in [1.165, 1.54) is 49.9 Å². The molecule has 1 aliphatic carbocycles. The molecule has 20 heavy (non-hydrogen) atoms. The maximum Gasteiger partial charge on any atom is 0.417 e. The average Bonchev–Trinajstić information content (AvgIpc) is 2.44. The number of hydrogen-bond acceptors (Lipinski definition) is 3. The van der Waals surface area contributed by atoms with Gasteiger partial charge in [-0.05, 0) is 25.0 Å². The van der Waals surface area contributed by atoms with Gasteiger partial charge in [0.1, 0.15) is 0 Å². The number of thioether (sulfide) groups is 1. The zero-order valence-corrected chi connectivity index (χ0v) is 12.1. The minimum Gasteiger partial charge on any atom is -0.313 e. The summed E-state index contributed by atoms with van der Waals surface area (Å²) < 4.78 is 37.1. The molecule has 0 aromatic carbocycles. The number of alkyl halides is 3. The van der Waals surface area contributed by atoms with Crippen LogP contribution >= 0.6 is 11.8 Å². The standard InChI is InChI=1S/C14H19F3N2S/c15-14(16,17)11-6-7-13(19-10-11)20-9-8-18-12-4-2-1-3-5-12/h6-7,10,12,18H,1-5,8-9H2. The van der Waals surface area contributed by atoms with Crippen LogP contribution in [0.3, 0.4) is 0 Å². The minimum atomic E-state index is -4.31. The van der Waals surface area contributed by atoms with Crippen LogP contribution in [0.2, 0.25) is 0 Å². The Morgan fingerprint density at radius 2 is 1.95 bits per heavy atom. The molecule has 0 atom stereocenters. The highest BCUT2D eigenvalue weighted by molar-refractivity contribution is 7.99. The summed E-state index contributed by atoms with van der Waals surface area (Å²) in [5.74, 6) is 0.828. The van der Waals surface area contributed by atoms with Gasteiger partial charge in [-0.1, -0.05) is 19.3 Å². The van der Waals surface area contributed by atoms with Gasteiger partial charge in [-0.15, -0.1) is 11.8 Å². The quantitative estimate of drug-likeness (QED) is 0.654. The molecule has 0 bridgehead atoms. The molecule has 0 aliphatic heterocycles. The Kier molecular flexibility index (Phi) is 5.72. The monoisotopic (exact) mass is 304 g/mol. The summed E-state index contributed by atoms with van der Waals surface area (Å²) in [7, 11) is 0. The van der Waals surface area contributed by atoms with E-state index in [0.717, 1.165) is 24.6 Å². The molecule has 1 aromatic rings. The number of rotatable bonds is 5. The van der Waals surface area contributed by atoms with Gasteiger partial charge in [-0.25, -0.2) is 4.98 Å². The van der Waals surface area contributed by atoms with Crippen LogP contribution in [0.15, 0.2) is 23.4 Å². The van der Waals surface area contributed by atoms with Crippen LogP contribution in [0, 0.1) is 0 Å². The first kappa shape index (κ1) is 15.6. The molecule has 2 rings (SSSR count). The fraction of sp³-hybridized carbons (Fsp3) is 0.643. The Labute approximate surface area is 121 Å². The molecule has 0 radical (unpaired) electrons. The molecule has 1 aromatic heterocycles. The smallest absolute Gasteiger partial charge is 0.313 e. The second kappa shape index (κ2) is 7.31. The van der Waals surface area contributed by atoms with Crippen molar-refractivity contribution >= 4 is 11.8 Å². The van der Waals surface area contributed by atoms with Crippen molar-refractivity contribution in [2.24, 2.45) is 0 Å². The van der Waals surface area contributed by atoms with Crippen molar-refractivity contribution in [2.75, 3.05) is 12.3 Å². The highest BCUT2D eigenvalue weighted by Gasteiger charge is 2.30. The number of nitrogens with zero attached hydrogens (tertiary/aromatic N) is 1. The highest BCUT2D eigenvalue weighted by Crippen LogP contribution is 2.29. The van der Waals surface area contributed by atoms with Crippen molar-refractivity contribution in [1.29, 1.82) is 0 Å². The summed E-state index contributed by atoms with van der Waals surface area (Å²) in [6.45, 7) is 0.873. The molecular weight excluding hydrogens is 285 g/mol. The van der Waals surface area contributed by atoms with E-state index < -0.39 is 11.7 Å². The van der Waals surface area contributed by atoms with Crippen molar-refractivity contribution in [3.63, 3.8) is 0 Å². The predicted octanol–water partition coefficient (Wildman–Crippen LogP) is 4.11. The van der Waals surface area contributed by atoms with Crippen molar-refractivity contribution in [1.82, 2.24) is 10.3 Å². The third kappa shape index (κ3) is 4.98. The topological polar surface area (TPSA) is 24.9 Å². The molecule has 1 saturated carbocycles. The zero-order chi connectivity index (χ0) is 14.4. The molecular formula is C14H19F3N2S. The van der Waals surface area contributed by atoms with E-state index in [1.54, 1.807) is 0 Å². The summed E-state index contributed by atoms with van der Waals surface area (Å²) in [5.41, 5.74) is -0.692. The lowest BCUT2D eigenvalue weighted by Gasteiger charge is -2.22. The van der Waals surface area contributed by atoms with Gasteiger partial charge in [0.2, 0.25) is 0 Å². The molecule has 6 heteroatoms. The molecule has 112 valence electrons. The SMILES string of the molecule is FC(F)(F)c1ccc(SCCNC2CCCCC2)nc1. The lowest BCUT2D eigenvalue weighted by molar-refractivity contribution is -0.137. The van der Waals surface area contributed by atoms with Gasteiger partial charge in [-0.2, -0.15) is 13.2 Å². The van der Waals surface area contributed by atoms with Crippen LogP contribution in [-0.2, 0) is 6.18 Å². The Bertz CT molecular complexity index is 400. The molecule has 1 aliphatic rings. The van der Waals surface area contributed by atoms with E-state index in [4.69, 9.17) is 0 Å². The summed E-state index contributed by atoms with van der Waals surface area (Å²) in [4.78, 5) is 3.84. The van der Waals surface area contributed by atoms with E-state index in [9.17, 15) is 13.2 Å². The molecule has 1 fully saturated rings. The van der Waals surface area contributed by atoms with Crippen molar-refractivity contribution < 1.29 is 13.2 Å². The molecule has 0 unspecified atom stereocenters. The second-order valence-corrected chi connectivity index (χ2v) is 6.14. The van der Waals surface area contributed by atoms with Gasteiger partial charge in [0.15, 0.2) is 0 Å². The van der Waals surface area contributed by atoms with Crippen LogP contribution in [0.5, 0.6) is 0 Å². The second-order valence-electron chi connectivity index (χ2n) is 5.02. The predicted molar refractivity (Wildman–Crippen MR) is 74.8 cm³/mol. The Morgan fingerprint density at radius 1 is 1.20 bits per heavy atom. The minimum absolute atomic E-state index is 0.616. The normalized spacial score (nSPS) is 17.4. The van der Waals surface area contributed by atoms with Crippen molar-refractivity contribution in [3.8, 4) is 0 Å². The summed E-state index contributed by atoms with van der Waals surface area (Å²) >= 11 is 1.49. The Hall–Kier alpha value is -0.750. The number of nitrogens with one attached hydrogen (secondary N) is 1. The van der Waals surface area contributed by atoms with Gasteiger partial charge in [0, 0.05) is 24.5 Å². The zero-order valence-electron chi connectivity index (χ0n) is 11.2. The molecule has 1 N–H and O–H groups in total. The third-order valence-electron chi connectivity index (χ3n) is 3.45. The fourth-order valence-electron chi connectivity index (χ4n) is 2.36.